The van der Waals surface area contributed by atoms with Gasteiger partial charge in [-0.25, -0.2) is 0 Å². The largest absolute Gasteiger partial charge is 0.481 e. The lowest BCUT2D eigenvalue weighted by atomic mass is 10.2. The number of carbonyl (C=O) groups excluding carboxylic acids is 3. The van der Waals surface area contributed by atoms with Crippen LogP contribution in [0.2, 0.25) is 0 Å². The fraction of sp³-hybridized carbons (Fsp3) is 0.810. The standard InChI is InChI=1S/C21H39N3O9/c1-2-3-7-22-19(26)16-32-14-13-31-11-9-24-20(27)17-33-15-12-30-10-8-23-18(25)5-4-6-21(28)29/h2-17H2,1H3,(H,22,26)(H,23,25)(H,24,27)(H,28,29). The third-order valence-corrected chi connectivity index (χ3v) is 3.99. The van der Waals surface area contributed by atoms with Crippen LogP contribution in [0.15, 0.2) is 0 Å². The summed E-state index contributed by atoms with van der Waals surface area (Å²) < 4.78 is 21.0. The molecule has 33 heavy (non-hydrogen) atoms. The third-order valence-electron chi connectivity index (χ3n) is 3.99. The Balaban J connectivity index is 3.33. The summed E-state index contributed by atoms with van der Waals surface area (Å²) in [6, 6.07) is 0. The number of carboxylic acids is 1. The van der Waals surface area contributed by atoms with Gasteiger partial charge in [-0.05, 0) is 12.8 Å². The van der Waals surface area contributed by atoms with Crippen molar-refractivity contribution in [2.24, 2.45) is 0 Å². The maximum Gasteiger partial charge on any atom is 0.303 e. The van der Waals surface area contributed by atoms with Crippen molar-refractivity contribution in [2.75, 3.05) is 72.5 Å². The summed E-state index contributed by atoms with van der Waals surface area (Å²) in [6.07, 6.45) is 2.41. The molecule has 0 radical (unpaired) electrons. The number of unbranched alkanes of at least 4 members (excludes halogenated alkanes) is 1. The van der Waals surface area contributed by atoms with Gasteiger partial charge in [-0.15, -0.1) is 0 Å². The maximum absolute atomic E-state index is 11.6. The number of rotatable bonds is 23. The lowest BCUT2D eigenvalue weighted by molar-refractivity contribution is -0.137. The summed E-state index contributed by atoms with van der Waals surface area (Å²) in [5.41, 5.74) is 0. The Morgan fingerprint density at radius 1 is 0.606 bits per heavy atom. The monoisotopic (exact) mass is 477 g/mol. The number of aliphatic carboxylic acids is 1. The lowest BCUT2D eigenvalue weighted by Gasteiger charge is -2.09. The molecule has 0 bridgehead atoms. The number of hydrogen-bond acceptors (Lipinski definition) is 8. The van der Waals surface area contributed by atoms with Crippen LogP contribution in [0.5, 0.6) is 0 Å². The van der Waals surface area contributed by atoms with Crippen LogP contribution in [0, 0.1) is 0 Å². The highest BCUT2D eigenvalue weighted by molar-refractivity contribution is 5.77. The highest BCUT2D eigenvalue weighted by Gasteiger charge is 2.04. The Morgan fingerprint density at radius 2 is 1.09 bits per heavy atom. The van der Waals surface area contributed by atoms with Gasteiger partial charge >= 0.3 is 5.97 Å². The molecule has 0 heterocycles. The molecule has 12 nitrogen and oxygen atoms in total. The molecule has 0 aromatic heterocycles. The molecule has 0 saturated carbocycles. The molecular weight excluding hydrogens is 438 g/mol. The molecule has 0 aliphatic rings. The number of carboxylic acid groups (broad SMARTS) is 1. The highest BCUT2D eigenvalue weighted by Crippen LogP contribution is 1.94. The molecular formula is C21H39N3O9. The van der Waals surface area contributed by atoms with Gasteiger partial charge in [0, 0.05) is 32.5 Å². The van der Waals surface area contributed by atoms with Crippen LogP contribution in [-0.2, 0) is 38.1 Å². The van der Waals surface area contributed by atoms with Gasteiger partial charge in [0.05, 0.1) is 39.6 Å². The molecule has 3 amide bonds. The highest BCUT2D eigenvalue weighted by atomic mass is 16.5. The zero-order valence-electron chi connectivity index (χ0n) is 19.5. The van der Waals surface area contributed by atoms with E-state index in [0.717, 1.165) is 12.8 Å². The fourth-order valence-corrected chi connectivity index (χ4v) is 2.29. The van der Waals surface area contributed by atoms with E-state index in [2.05, 4.69) is 22.9 Å². The summed E-state index contributed by atoms with van der Waals surface area (Å²) in [5.74, 6) is -1.55. The van der Waals surface area contributed by atoms with E-state index in [-0.39, 0.29) is 57.0 Å². The van der Waals surface area contributed by atoms with Gasteiger partial charge in [-0.1, -0.05) is 13.3 Å². The molecule has 192 valence electrons. The predicted octanol–water partition coefficient (Wildman–Crippen LogP) is -0.544. The smallest absolute Gasteiger partial charge is 0.303 e. The molecule has 0 aromatic rings. The number of amides is 3. The first kappa shape index (κ1) is 30.7. The molecule has 0 rings (SSSR count). The number of nitrogens with one attached hydrogen (secondary N) is 3. The Hall–Kier alpha value is -2.28. The van der Waals surface area contributed by atoms with Gasteiger partial charge in [-0.3, -0.25) is 19.2 Å². The average molecular weight is 478 g/mol. The van der Waals surface area contributed by atoms with Crippen LogP contribution >= 0.6 is 0 Å². The summed E-state index contributed by atoms with van der Waals surface area (Å²) in [5, 5.41) is 16.5. The third kappa shape index (κ3) is 24.2. The van der Waals surface area contributed by atoms with E-state index in [1.54, 1.807) is 0 Å². The van der Waals surface area contributed by atoms with Crippen LogP contribution in [0.3, 0.4) is 0 Å². The average Bonchev–Trinajstić information content (AvgIpc) is 2.77. The zero-order chi connectivity index (χ0) is 24.6. The fourth-order valence-electron chi connectivity index (χ4n) is 2.29. The molecule has 4 N–H and O–H groups in total. The maximum atomic E-state index is 11.6. The van der Waals surface area contributed by atoms with E-state index < -0.39 is 5.97 Å². The molecule has 0 fully saturated rings. The van der Waals surface area contributed by atoms with E-state index >= 15 is 0 Å². The van der Waals surface area contributed by atoms with E-state index in [9.17, 15) is 19.2 Å². The minimum atomic E-state index is -0.921. The van der Waals surface area contributed by atoms with Gasteiger partial charge in [0.15, 0.2) is 0 Å². The summed E-state index contributed by atoms with van der Waals surface area (Å²) in [4.78, 5) is 44.8. The first-order valence-electron chi connectivity index (χ1n) is 11.3. The van der Waals surface area contributed by atoms with E-state index in [1.165, 1.54) is 0 Å². The van der Waals surface area contributed by atoms with E-state index in [0.29, 0.717) is 52.5 Å². The van der Waals surface area contributed by atoms with Crippen molar-refractivity contribution in [1.29, 1.82) is 0 Å². The molecule has 0 unspecified atom stereocenters. The molecule has 12 heteroatoms. The molecule has 0 spiro atoms. The van der Waals surface area contributed by atoms with E-state index in [1.807, 2.05) is 0 Å². The Bertz CT molecular complexity index is 547. The summed E-state index contributed by atoms with van der Waals surface area (Å²) in [6.45, 7) is 5.04. The first-order valence-corrected chi connectivity index (χ1v) is 11.3. The van der Waals surface area contributed by atoms with Crippen molar-refractivity contribution in [3.8, 4) is 0 Å². The second kappa shape index (κ2) is 22.9. The van der Waals surface area contributed by atoms with Crippen molar-refractivity contribution in [1.82, 2.24) is 16.0 Å². The second-order valence-electron chi connectivity index (χ2n) is 6.98. The van der Waals surface area contributed by atoms with E-state index in [4.69, 9.17) is 24.1 Å². The Kier molecular flexibility index (Phi) is 21.3. The minimum Gasteiger partial charge on any atom is -0.481 e. The zero-order valence-corrected chi connectivity index (χ0v) is 19.5. The number of hydrogen-bond donors (Lipinski definition) is 4. The molecule has 0 saturated heterocycles. The van der Waals surface area contributed by atoms with Crippen molar-refractivity contribution < 1.29 is 43.2 Å². The molecule has 0 aliphatic heterocycles. The molecule has 0 atom stereocenters. The van der Waals surface area contributed by atoms with Crippen molar-refractivity contribution in [3.05, 3.63) is 0 Å². The van der Waals surface area contributed by atoms with Crippen LogP contribution in [0.25, 0.3) is 0 Å². The predicted molar refractivity (Wildman–Crippen MR) is 119 cm³/mol. The van der Waals surface area contributed by atoms with Crippen LogP contribution in [0.1, 0.15) is 39.0 Å². The first-order chi connectivity index (χ1) is 16.0. The van der Waals surface area contributed by atoms with Gasteiger partial charge in [0.1, 0.15) is 13.2 Å². The number of ether oxygens (including phenoxy) is 4. The quantitative estimate of drug-likeness (QED) is 0.142. The summed E-state index contributed by atoms with van der Waals surface area (Å²) in [7, 11) is 0. The van der Waals surface area contributed by atoms with Crippen molar-refractivity contribution in [2.45, 2.75) is 39.0 Å². The van der Waals surface area contributed by atoms with Gasteiger partial charge in [-0.2, -0.15) is 0 Å². The van der Waals surface area contributed by atoms with Gasteiger partial charge in [0.2, 0.25) is 17.7 Å². The van der Waals surface area contributed by atoms with Crippen molar-refractivity contribution in [3.63, 3.8) is 0 Å². The Labute approximate surface area is 195 Å². The van der Waals surface area contributed by atoms with Gasteiger partial charge < -0.3 is 40.0 Å². The van der Waals surface area contributed by atoms with Gasteiger partial charge in [0.25, 0.3) is 0 Å². The number of carbonyl (C=O) groups is 4. The minimum absolute atomic E-state index is 0.00803. The van der Waals surface area contributed by atoms with Crippen LogP contribution < -0.4 is 16.0 Å². The van der Waals surface area contributed by atoms with Crippen molar-refractivity contribution >= 4 is 23.7 Å². The SMILES string of the molecule is CCCCNC(=O)COCCOCCNC(=O)COCCOCCNC(=O)CCCC(=O)O. The molecule has 0 aromatic carbocycles. The van der Waals surface area contributed by atoms with Crippen LogP contribution in [0.4, 0.5) is 0 Å². The van der Waals surface area contributed by atoms with Crippen LogP contribution in [-0.4, -0.2) is 101 Å². The molecule has 0 aliphatic carbocycles. The normalized spacial score (nSPS) is 10.6. The summed E-state index contributed by atoms with van der Waals surface area (Å²) >= 11 is 0. The topological polar surface area (TPSA) is 162 Å². The lowest BCUT2D eigenvalue weighted by Crippen LogP contribution is -2.31. The second-order valence-corrected chi connectivity index (χ2v) is 6.98. The Morgan fingerprint density at radius 3 is 1.61 bits per heavy atom.